The molecule has 0 N–H and O–H groups in total. The molecular weight excluding hydrogens is 841 g/mol. The standard InChI is InChI=1S/C58H36N4O2Si2/c1-5-17-35(18-6-1)59-41-25-13-27-43-53(41)65-55-45(59)29-15-31-47(55)63-49-33-40-39(51(57(49)65)61(43)37-21-9-3-10-22-37)34-50-58-52(40)62(38-23-11-4-12-24-38)44-28-14-26-42-54(44)66(58)56-46(30-16-32-48(56)64-50)60(42)36-19-7-2-8-20-36/h1-34,65-66H. The van der Waals surface area contributed by atoms with Crippen molar-refractivity contribution in [3.8, 4) is 23.0 Å². The van der Waals surface area contributed by atoms with Crippen LogP contribution in [0.2, 0.25) is 0 Å². The van der Waals surface area contributed by atoms with Crippen molar-refractivity contribution >= 4 is 128 Å². The number of hydrogen-bond acceptors (Lipinski definition) is 6. The van der Waals surface area contributed by atoms with E-state index in [1.165, 1.54) is 87.4 Å². The number of hydrogen-bond donors (Lipinski definition) is 0. The van der Waals surface area contributed by atoms with Crippen LogP contribution in [-0.4, -0.2) is 17.6 Å². The maximum Gasteiger partial charge on any atom is 0.153 e. The van der Waals surface area contributed by atoms with E-state index in [0.717, 1.165) is 45.7 Å². The number of para-hydroxylation sites is 4. The van der Waals surface area contributed by atoms with E-state index in [4.69, 9.17) is 9.47 Å². The van der Waals surface area contributed by atoms with Crippen LogP contribution in [0.1, 0.15) is 0 Å². The first kappa shape index (κ1) is 35.1. The van der Waals surface area contributed by atoms with Crippen molar-refractivity contribution < 1.29 is 9.47 Å². The van der Waals surface area contributed by atoms with Gasteiger partial charge in [0.25, 0.3) is 0 Å². The van der Waals surface area contributed by atoms with Gasteiger partial charge in [-0.15, -0.1) is 0 Å². The summed E-state index contributed by atoms with van der Waals surface area (Å²) in [4.78, 5) is 10.0. The van der Waals surface area contributed by atoms with Crippen LogP contribution in [0.4, 0.5) is 68.2 Å². The van der Waals surface area contributed by atoms with Gasteiger partial charge in [-0.25, -0.2) is 0 Å². The number of anilines is 12. The van der Waals surface area contributed by atoms with Gasteiger partial charge >= 0.3 is 0 Å². The smallest absolute Gasteiger partial charge is 0.153 e. The zero-order valence-corrected chi connectivity index (χ0v) is 37.7. The normalized spacial score (nSPS) is 16.6. The predicted octanol–water partition coefficient (Wildman–Crippen LogP) is 10.7. The topological polar surface area (TPSA) is 31.4 Å². The second-order valence-corrected chi connectivity index (χ2v) is 23.1. The zero-order valence-electron chi connectivity index (χ0n) is 35.4. The summed E-state index contributed by atoms with van der Waals surface area (Å²) in [6.45, 7) is 0. The second-order valence-electron chi connectivity index (χ2n) is 17.9. The predicted molar refractivity (Wildman–Crippen MR) is 275 cm³/mol. The Hall–Kier alpha value is -8.31. The van der Waals surface area contributed by atoms with E-state index in [9.17, 15) is 0 Å². The molecule has 16 rings (SSSR count). The van der Waals surface area contributed by atoms with Crippen LogP contribution in [-0.2, 0) is 0 Å². The molecule has 6 aliphatic heterocycles. The highest BCUT2D eigenvalue weighted by Gasteiger charge is 2.51. The Balaban J connectivity index is 1.05. The van der Waals surface area contributed by atoms with Crippen molar-refractivity contribution in [1.29, 1.82) is 0 Å². The highest BCUT2D eigenvalue weighted by Crippen LogP contribution is 2.55. The number of rotatable bonds is 4. The number of ether oxygens (including phenoxy) is 2. The van der Waals surface area contributed by atoms with Crippen LogP contribution in [0.15, 0.2) is 206 Å². The van der Waals surface area contributed by atoms with Gasteiger partial charge in [0, 0.05) is 88.4 Å². The Kier molecular flexibility index (Phi) is 6.75. The Bertz CT molecular complexity index is 3510. The van der Waals surface area contributed by atoms with Gasteiger partial charge in [-0.2, -0.15) is 0 Å². The highest BCUT2D eigenvalue weighted by molar-refractivity contribution is 7.03. The van der Waals surface area contributed by atoms with Crippen LogP contribution in [0, 0.1) is 0 Å². The molecule has 2 unspecified atom stereocenters. The molecule has 66 heavy (non-hydrogen) atoms. The minimum absolute atomic E-state index is 0.954. The largest absolute Gasteiger partial charge is 0.457 e. The van der Waals surface area contributed by atoms with Gasteiger partial charge in [0.05, 0.1) is 11.4 Å². The molecule has 0 aromatic heterocycles. The van der Waals surface area contributed by atoms with E-state index >= 15 is 0 Å². The quantitative estimate of drug-likeness (QED) is 0.164. The van der Waals surface area contributed by atoms with Crippen molar-refractivity contribution in [3.63, 3.8) is 0 Å². The van der Waals surface area contributed by atoms with E-state index in [-0.39, 0.29) is 0 Å². The first-order chi connectivity index (χ1) is 32.8. The van der Waals surface area contributed by atoms with E-state index in [2.05, 4.69) is 226 Å². The molecule has 0 saturated carbocycles. The lowest BCUT2D eigenvalue weighted by Gasteiger charge is -2.49. The lowest BCUT2D eigenvalue weighted by molar-refractivity contribution is 0.486. The number of fused-ring (bicyclic) bond motifs is 3. The van der Waals surface area contributed by atoms with Crippen LogP contribution in [0.3, 0.4) is 0 Å². The maximum atomic E-state index is 7.41. The third-order valence-electron chi connectivity index (χ3n) is 14.7. The lowest BCUT2D eigenvalue weighted by atomic mass is 9.99. The summed E-state index contributed by atoms with van der Waals surface area (Å²) < 4.78 is 14.8. The molecule has 0 bridgehead atoms. The Morgan fingerprint density at radius 1 is 0.258 bits per heavy atom. The molecule has 8 heteroatoms. The average Bonchev–Trinajstić information content (AvgIpc) is 3.37. The zero-order chi connectivity index (χ0) is 42.8. The van der Waals surface area contributed by atoms with E-state index in [1.807, 2.05) is 0 Å². The first-order valence-corrected chi connectivity index (χ1v) is 26.2. The fourth-order valence-corrected chi connectivity index (χ4v) is 20.1. The van der Waals surface area contributed by atoms with Crippen molar-refractivity contribution in [1.82, 2.24) is 0 Å². The molecule has 6 nitrogen and oxygen atoms in total. The highest BCUT2D eigenvalue weighted by atomic mass is 28.3. The molecule has 2 atom stereocenters. The maximum absolute atomic E-state index is 7.41. The summed E-state index contributed by atoms with van der Waals surface area (Å²) in [6.07, 6.45) is 0. The van der Waals surface area contributed by atoms with E-state index in [0.29, 0.717) is 0 Å². The molecule has 10 aromatic rings. The summed E-state index contributed by atoms with van der Waals surface area (Å²) >= 11 is 0. The number of benzene rings is 10. The molecule has 0 aliphatic carbocycles. The van der Waals surface area contributed by atoms with Crippen molar-refractivity contribution in [2.24, 2.45) is 0 Å². The van der Waals surface area contributed by atoms with Crippen molar-refractivity contribution in [2.75, 3.05) is 19.6 Å². The molecule has 0 amide bonds. The summed E-state index contributed by atoms with van der Waals surface area (Å²) in [5, 5.41) is 10.5. The van der Waals surface area contributed by atoms with Crippen LogP contribution < -0.4 is 60.2 Å². The van der Waals surface area contributed by atoms with Gasteiger partial charge < -0.3 is 29.1 Å². The summed E-state index contributed by atoms with van der Waals surface area (Å²) in [5.41, 5.74) is 14.2. The Morgan fingerprint density at radius 3 is 0.924 bits per heavy atom. The molecular formula is C58H36N4O2Si2. The lowest BCUT2D eigenvalue weighted by Crippen LogP contribution is -2.64. The first-order valence-electron chi connectivity index (χ1n) is 22.8. The third kappa shape index (κ3) is 4.35. The fourth-order valence-electron chi connectivity index (χ4n) is 12.4. The summed E-state index contributed by atoms with van der Waals surface area (Å²) in [7, 11) is -4.37. The Morgan fingerprint density at radius 2 is 0.561 bits per heavy atom. The van der Waals surface area contributed by atoms with Gasteiger partial charge in [0.1, 0.15) is 23.0 Å². The Labute approximate surface area is 384 Å². The monoisotopic (exact) mass is 876 g/mol. The molecule has 0 saturated heterocycles. The van der Waals surface area contributed by atoms with Crippen LogP contribution in [0.25, 0.3) is 10.8 Å². The fraction of sp³-hybridized carbons (Fsp3) is 0. The van der Waals surface area contributed by atoms with Crippen LogP contribution in [0.5, 0.6) is 23.0 Å². The van der Waals surface area contributed by atoms with Crippen LogP contribution >= 0.6 is 0 Å². The van der Waals surface area contributed by atoms with E-state index in [1.54, 1.807) is 0 Å². The second kappa shape index (κ2) is 12.7. The average molecular weight is 877 g/mol. The molecule has 6 heterocycles. The molecule has 308 valence electrons. The van der Waals surface area contributed by atoms with Gasteiger partial charge in [-0.1, -0.05) is 97.1 Å². The van der Waals surface area contributed by atoms with Gasteiger partial charge in [-0.3, -0.25) is 0 Å². The van der Waals surface area contributed by atoms with Gasteiger partial charge in [-0.05, 0) is 120 Å². The van der Waals surface area contributed by atoms with Gasteiger partial charge in [0.15, 0.2) is 17.6 Å². The molecule has 0 spiro atoms. The number of nitrogens with zero attached hydrogens (tertiary/aromatic N) is 4. The SMILES string of the molecule is c1ccc(N2c3cccc4c3[SiH]3c5c2cccc5N(c2ccccc2)c2c3c(cc3c5c6c(cc23)Oc2cccc3c2[SiH]6c2c(cccc2N5c2ccccc2)N3c2ccccc2)O4)cc1. The van der Waals surface area contributed by atoms with E-state index < -0.39 is 17.6 Å². The minimum Gasteiger partial charge on any atom is -0.457 e. The minimum atomic E-state index is -2.19. The van der Waals surface area contributed by atoms with Crippen molar-refractivity contribution in [3.05, 3.63) is 206 Å². The summed E-state index contributed by atoms with van der Waals surface area (Å²) in [5.74, 6) is 3.83. The molecule has 6 aliphatic rings. The summed E-state index contributed by atoms with van der Waals surface area (Å²) in [6, 6.07) is 75.5. The van der Waals surface area contributed by atoms with Crippen molar-refractivity contribution in [2.45, 2.75) is 0 Å². The molecule has 0 radical (unpaired) electrons. The third-order valence-corrected chi connectivity index (χ3v) is 21.6. The molecule has 0 fully saturated rings. The molecule has 10 aromatic carbocycles. The van der Waals surface area contributed by atoms with Gasteiger partial charge in [0.2, 0.25) is 0 Å².